The van der Waals surface area contributed by atoms with Crippen molar-refractivity contribution in [1.29, 1.82) is 0 Å². The number of rotatable bonds is 14. The maximum absolute atomic E-state index is 10.3. The molecule has 0 bridgehead atoms. The predicted molar refractivity (Wildman–Crippen MR) is 259 cm³/mol. The van der Waals surface area contributed by atoms with Crippen molar-refractivity contribution in [1.82, 2.24) is 39.5 Å². The second-order valence-electron chi connectivity index (χ2n) is 20.2. The maximum Gasteiger partial charge on any atom is 0.218 e. The molecule has 6 atom stereocenters. The highest BCUT2D eigenvalue weighted by Gasteiger charge is 2.34. The van der Waals surface area contributed by atoms with Crippen LogP contribution in [0.1, 0.15) is 153 Å². The van der Waals surface area contributed by atoms with Gasteiger partial charge in [-0.05, 0) is 143 Å². The predicted octanol–water partition coefficient (Wildman–Crippen LogP) is 10.9. The van der Waals surface area contributed by atoms with Crippen LogP contribution in [0.4, 0.5) is 23.0 Å². The molecule has 2 unspecified atom stereocenters. The van der Waals surface area contributed by atoms with Gasteiger partial charge in [0.2, 0.25) is 11.8 Å². The molecule has 0 spiro atoms. The van der Waals surface area contributed by atoms with Gasteiger partial charge >= 0.3 is 0 Å². The third kappa shape index (κ3) is 12.0. The van der Waals surface area contributed by atoms with E-state index in [-0.39, 0.29) is 36.5 Å². The van der Waals surface area contributed by atoms with Crippen LogP contribution < -0.4 is 20.1 Å². The molecule has 2 saturated carbocycles. The monoisotopic (exact) mass is 927 g/mol. The Labute approximate surface area is 398 Å². The molecule has 2 saturated heterocycles. The van der Waals surface area contributed by atoms with Crippen molar-refractivity contribution in [3.05, 3.63) is 108 Å². The van der Waals surface area contributed by atoms with Crippen LogP contribution in [0.3, 0.4) is 0 Å². The molecule has 4 fully saturated rings. The summed E-state index contributed by atoms with van der Waals surface area (Å²) in [7, 11) is 0. The highest BCUT2D eigenvalue weighted by Crippen LogP contribution is 2.44. The first kappa shape index (κ1) is 47.1. The number of hydrogen-bond donors (Lipinski definition) is 4. The van der Waals surface area contributed by atoms with E-state index in [9.17, 15) is 10.2 Å². The van der Waals surface area contributed by atoms with Gasteiger partial charge in [-0.25, -0.2) is 19.3 Å². The van der Waals surface area contributed by atoms with Gasteiger partial charge in [-0.2, -0.15) is 10.2 Å². The minimum atomic E-state index is -1.02. The number of aromatic nitrogens is 8. The normalized spacial score (nSPS) is 23.0. The Morgan fingerprint density at radius 2 is 0.897 bits per heavy atom. The van der Waals surface area contributed by atoms with E-state index in [1.54, 1.807) is 52.5 Å². The number of hydrogen-bond acceptors (Lipinski definition) is 14. The molecule has 2 aliphatic carbocycles. The van der Waals surface area contributed by atoms with Crippen molar-refractivity contribution in [2.75, 3.05) is 10.6 Å². The summed E-state index contributed by atoms with van der Waals surface area (Å²) < 4.78 is 28.8. The Morgan fingerprint density at radius 1 is 0.529 bits per heavy atom. The standard InChI is InChI=1S/2C26H33N5O3/c2*1-16-11-20(12-17(2)33-16)31-25(15-22(30-31)18-5-6-18)34-21-8-10-28-24(14-21)29-19-7-9-27-23(13-19)26(3,4)32/h2*7-10,13-18,20,32H,5-6,11-12H2,1-4H3,(H,27,28,29)/t2*16-,17+,20?. The molecule has 0 aromatic carbocycles. The van der Waals surface area contributed by atoms with Crippen LogP contribution in [0.25, 0.3) is 0 Å². The van der Waals surface area contributed by atoms with E-state index in [0.29, 0.717) is 46.4 Å². The fourth-order valence-corrected chi connectivity index (χ4v) is 9.07. The van der Waals surface area contributed by atoms with Gasteiger partial charge in [0.15, 0.2) is 0 Å². The molecule has 360 valence electrons. The topological polar surface area (TPSA) is 189 Å². The number of nitrogens with one attached hydrogen (secondary N) is 2. The number of ether oxygens (including phenoxy) is 4. The number of aliphatic hydroxyl groups is 2. The fourth-order valence-electron chi connectivity index (χ4n) is 9.07. The molecular weight excluding hydrogens is 861 g/mol. The van der Waals surface area contributed by atoms with Crippen LogP contribution in [0.5, 0.6) is 23.3 Å². The van der Waals surface area contributed by atoms with Crippen LogP contribution in [0, 0.1) is 0 Å². The summed E-state index contributed by atoms with van der Waals surface area (Å²) in [6.07, 6.45) is 16.0. The van der Waals surface area contributed by atoms with E-state index in [1.165, 1.54) is 25.7 Å². The highest BCUT2D eigenvalue weighted by atomic mass is 16.5. The summed E-state index contributed by atoms with van der Waals surface area (Å²) in [4.78, 5) is 17.4. The van der Waals surface area contributed by atoms with Crippen LogP contribution in [0.15, 0.2) is 85.5 Å². The first-order valence-electron chi connectivity index (χ1n) is 24.2. The van der Waals surface area contributed by atoms with E-state index >= 15 is 0 Å². The van der Waals surface area contributed by atoms with E-state index in [0.717, 1.165) is 60.2 Å². The summed E-state index contributed by atoms with van der Waals surface area (Å²) in [5.74, 6) is 5.28. The Balaban J connectivity index is 0.000000170. The molecule has 4 N–H and O–H groups in total. The Bertz CT molecular complexity index is 2460. The van der Waals surface area contributed by atoms with Crippen molar-refractivity contribution in [3.8, 4) is 23.3 Å². The van der Waals surface area contributed by atoms with Crippen molar-refractivity contribution in [3.63, 3.8) is 0 Å². The molecule has 68 heavy (non-hydrogen) atoms. The molecule has 16 heteroatoms. The highest BCUT2D eigenvalue weighted by molar-refractivity contribution is 5.59. The van der Waals surface area contributed by atoms with Gasteiger partial charge in [-0.1, -0.05) is 0 Å². The zero-order valence-electron chi connectivity index (χ0n) is 40.5. The Hall–Kier alpha value is -5.94. The van der Waals surface area contributed by atoms with Crippen molar-refractivity contribution < 1.29 is 29.2 Å². The largest absolute Gasteiger partial charge is 0.439 e. The average Bonchev–Trinajstić information content (AvgIpc) is 4.22. The van der Waals surface area contributed by atoms with Crippen LogP contribution in [0.2, 0.25) is 0 Å². The molecule has 4 aliphatic rings. The number of pyridine rings is 4. The van der Waals surface area contributed by atoms with E-state index < -0.39 is 11.2 Å². The second kappa shape index (κ2) is 19.6. The SMILES string of the molecule is C[C@@H]1CC(n2nc(C3CC3)cc2Oc2ccnc(Nc3ccnc(C(C)(C)O)c3)c2)C[C@H](C)O1.C[C@@H]1CC(n2nc(C3CC3)cc2Oc2ccnc(Nc3ccnc(C(C)(C)O)c3)c2)C[C@H](C)O1. The third-order valence-electron chi connectivity index (χ3n) is 12.7. The van der Waals surface area contributed by atoms with Crippen molar-refractivity contribution in [2.24, 2.45) is 0 Å². The molecule has 6 aromatic heterocycles. The van der Waals surface area contributed by atoms with Gasteiger partial charge in [-0.15, -0.1) is 0 Å². The van der Waals surface area contributed by atoms with Crippen molar-refractivity contribution >= 4 is 23.0 Å². The lowest BCUT2D eigenvalue weighted by Crippen LogP contribution is -2.31. The van der Waals surface area contributed by atoms with Gasteiger partial charge in [-0.3, -0.25) is 9.97 Å². The minimum Gasteiger partial charge on any atom is -0.439 e. The number of nitrogens with zero attached hydrogens (tertiary/aromatic N) is 8. The third-order valence-corrected chi connectivity index (χ3v) is 12.7. The maximum atomic E-state index is 10.3. The van der Waals surface area contributed by atoms with E-state index in [4.69, 9.17) is 29.1 Å². The molecule has 8 heterocycles. The zero-order valence-corrected chi connectivity index (χ0v) is 40.5. The molecule has 2 aliphatic heterocycles. The quantitative estimate of drug-likeness (QED) is 0.0807. The average molecular weight is 927 g/mol. The first-order chi connectivity index (χ1) is 32.5. The molecule has 0 amide bonds. The smallest absolute Gasteiger partial charge is 0.218 e. The van der Waals surface area contributed by atoms with Crippen LogP contribution in [-0.4, -0.2) is 74.1 Å². The fraction of sp³-hybridized carbons (Fsp3) is 0.500. The van der Waals surface area contributed by atoms with Gasteiger partial charge in [0, 0.05) is 72.3 Å². The lowest BCUT2D eigenvalue weighted by Gasteiger charge is -2.32. The van der Waals surface area contributed by atoms with Gasteiger partial charge in [0.1, 0.15) is 34.3 Å². The lowest BCUT2D eigenvalue weighted by atomic mass is 10.0. The Kier molecular flexibility index (Phi) is 13.6. The number of anilines is 4. The molecular formula is C52H66N10O6. The van der Waals surface area contributed by atoms with Gasteiger partial charge < -0.3 is 39.8 Å². The van der Waals surface area contributed by atoms with E-state index in [2.05, 4.69) is 79.8 Å². The molecule has 0 radical (unpaired) electrons. The van der Waals surface area contributed by atoms with Crippen LogP contribution in [-0.2, 0) is 20.7 Å². The molecule has 16 nitrogen and oxygen atoms in total. The van der Waals surface area contributed by atoms with Crippen LogP contribution >= 0.6 is 0 Å². The lowest BCUT2D eigenvalue weighted by molar-refractivity contribution is -0.0517. The summed E-state index contributed by atoms with van der Waals surface area (Å²) >= 11 is 0. The van der Waals surface area contributed by atoms with Gasteiger partial charge in [0.25, 0.3) is 0 Å². The minimum absolute atomic E-state index is 0.195. The second-order valence-corrected chi connectivity index (χ2v) is 20.2. The summed E-state index contributed by atoms with van der Waals surface area (Å²) in [6, 6.07) is 19.4. The zero-order chi connectivity index (χ0) is 47.7. The summed E-state index contributed by atoms with van der Waals surface area (Å²) in [5, 5.41) is 37.0. The van der Waals surface area contributed by atoms with Gasteiger partial charge in [0.05, 0.1) is 59.3 Å². The summed E-state index contributed by atoms with van der Waals surface area (Å²) in [6.45, 7) is 15.3. The summed E-state index contributed by atoms with van der Waals surface area (Å²) in [5.41, 5.74) is 2.95. The Morgan fingerprint density at radius 3 is 1.25 bits per heavy atom. The molecule has 6 aromatic rings. The molecule has 10 rings (SSSR count). The van der Waals surface area contributed by atoms with E-state index in [1.807, 2.05) is 48.5 Å². The van der Waals surface area contributed by atoms with Crippen molar-refractivity contribution in [2.45, 2.75) is 166 Å². The first-order valence-corrected chi connectivity index (χ1v) is 24.2.